The van der Waals surface area contributed by atoms with Crippen molar-refractivity contribution in [3.05, 3.63) is 35.9 Å². The third-order valence-corrected chi connectivity index (χ3v) is 3.05. The van der Waals surface area contributed by atoms with E-state index in [0.717, 1.165) is 5.56 Å². The van der Waals surface area contributed by atoms with Gasteiger partial charge < -0.3 is 4.74 Å². The van der Waals surface area contributed by atoms with Crippen LogP contribution < -0.4 is 0 Å². The summed E-state index contributed by atoms with van der Waals surface area (Å²) < 4.78 is 5.00. The number of ketones is 1. The van der Waals surface area contributed by atoms with Crippen molar-refractivity contribution in [2.24, 2.45) is 11.8 Å². The minimum Gasteiger partial charge on any atom is -0.465 e. The molecule has 3 heteroatoms. The Morgan fingerprint density at radius 3 is 2.32 bits per heavy atom. The van der Waals surface area contributed by atoms with E-state index in [1.807, 2.05) is 44.2 Å². The number of aryl methyl sites for hydroxylation is 1. The van der Waals surface area contributed by atoms with Crippen LogP contribution in [-0.4, -0.2) is 18.4 Å². The van der Waals surface area contributed by atoms with Crippen LogP contribution >= 0.6 is 0 Å². The second kappa shape index (κ2) is 7.72. The van der Waals surface area contributed by atoms with Crippen molar-refractivity contribution in [3.63, 3.8) is 0 Å². The number of hydrogen-bond donors (Lipinski definition) is 0. The van der Waals surface area contributed by atoms with Crippen molar-refractivity contribution in [1.82, 2.24) is 0 Å². The van der Waals surface area contributed by atoms with Gasteiger partial charge in [0.25, 0.3) is 0 Å². The Labute approximate surface area is 115 Å². The van der Waals surface area contributed by atoms with E-state index in [-0.39, 0.29) is 11.7 Å². The van der Waals surface area contributed by atoms with E-state index in [1.165, 1.54) is 0 Å². The van der Waals surface area contributed by atoms with Crippen LogP contribution in [0.1, 0.15) is 32.8 Å². The number of hydrogen-bond acceptors (Lipinski definition) is 3. The summed E-state index contributed by atoms with van der Waals surface area (Å²) in [5, 5.41) is 0. The van der Waals surface area contributed by atoms with Crippen molar-refractivity contribution in [1.29, 1.82) is 0 Å². The van der Waals surface area contributed by atoms with Gasteiger partial charge in [0.05, 0.1) is 6.61 Å². The zero-order valence-electron chi connectivity index (χ0n) is 11.9. The molecule has 0 bridgehead atoms. The van der Waals surface area contributed by atoms with Crippen LogP contribution in [0.15, 0.2) is 30.3 Å². The molecule has 0 radical (unpaired) electrons. The average Bonchev–Trinajstić information content (AvgIpc) is 2.40. The number of Topliss-reactive ketones (excluding diaryl/α,β-unsaturated/α-hetero) is 1. The number of ether oxygens (including phenoxy) is 1. The van der Waals surface area contributed by atoms with Crippen LogP contribution in [-0.2, 0) is 20.7 Å². The molecule has 0 N–H and O–H groups in total. The predicted molar refractivity (Wildman–Crippen MR) is 74.7 cm³/mol. The van der Waals surface area contributed by atoms with Crippen molar-refractivity contribution in [2.75, 3.05) is 6.61 Å². The molecule has 0 saturated carbocycles. The van der Waals surface area contributed by atoms with Crippen LogP contribution in [0.25, 0.3) is 0 Å². The standard InChI is InChI=1S/C16H22O3/c1-4-19-16(18)14(15(17)12(2)3)11-10-13-8-6-5-7-9-13/h5-9,12,14H,4,10-11H2,1-3H3. The number of esters is 1. The van der Waals surface area contributed by atoms with Gasteiger partial charge >= 0.3 is 5.97 Å². The van der Waals surface area contributed by atoms with Gasteiger partial charge in [-0.3, -0.25) is 9.59 Å². The van der Waals surface area contributed by atoms with Gasteiger partial charge in [0.2, 0.25) is 0 Å². The van der Waals surface area contributed by atoms with E-state index in [2.05, 4.69) is 0 Å². The summed E-state index contributed by atoms with van der Waals surface area (Å²) in [5.41, 5.74) is 1.13. The lowest BCUT2D eigenvalue weighted by molar-refractivity contribution is -0.152. The maximum absolute atomic E-state index is 12.1. The van der Waals surface area contributed by atoms with Crippen LogP contribution in [0, 0.1) is 11.8 Å². The number of carbonyl (C=O) groups is 2. The molecule has 1 aromatic carbocycles. The van der Waals surface area contributed by atoms with Gasteiger partial charge in [0.1, 0.15) is 11.7 Å². The first-order valence-electron chi connectivity index (χ1n) is 6.80. The Hall–Kier alpha value is -1.64. The fourth-order valence-electron chi connectivity index (χ4n) is 1.98. The fraction of sp³-hybridized carbons (Fsp3) is 0.500. The van der Waals surface area contributed by atoms with Crippen molar-refractivity contribution >= 4 is 11.8 Å². The molecule has 0 aliphatic carbocycles. The third-order valence-electron chi connectivity index (χ3n) is 3.05. The monoisotopic (exact) mass is 262 g/mol. The van der Waals surface area contributed by atoms with Crippen LogP contribution in [0.4, 0.5) is 0 Å². The van der Waals surface area contributed by atoms with E-state index in [4.69, 9.17) is 4.74 Å². The van der Waals surface area contributed by atoms with Crippen LogP contribution in [0.3, 0.4) is 0 Å². The second-order valence-electron chi connectivity index (χ2n) is 4.89. The Morgan fingerprint density at radius 2 is 1.79 bits per heavy atom. The lowest BCUT2D eigenvalue weighted by Gasteiger charge is -2.16. The van der Waals surface area contributed by atoms with E-state index in [9.17, 15) is 9.59 Å². The van der Waals surface area contributed by atoms with Gasteiger partial charge in [0, 0.05) is 5.92 Å². The lowest BCUT2D eigenvalue weighted by atomic mass is 9.90. The van der Waals surface area contributed by atoms with Gasteiger partial charge in [0.15, 0.2) is 0 Å². The fourth-order valence-corrected chi connectivity index (χ4v) is 1.98. The zero-order chi connectivity index (χ0) is 14.3. The Bertz CT molecular complexity index is 409. The Morgan fingerprint density at radius 1 is 1.16 bits per heavy atom. The smallest absolute Gasteiger partial charge is 0.316 e. The van der Waals surface area contributed by atoms with Gasteiger partial charge in [-0.05, 0) is 25.3 Å². The maximum Gasteiger partial charge on any atom is 0.316 e. The summed E-state index contributed by atoms with van der Waals surface area (Å²) in [5.74, 6) is -1.21. The summed E-state index contributed by atoms with van der Waals surface area (Å²) in [6.45, 7) is 5.70. The van der Waals surface area contributed by atoms with E-state index < -0.39 is 11.9 Å². The second-order valence-corrected chi connectivity index (χ2v) is 4.89. The summed E-state index contributed by atoms with van der Waals surface area (Å²) in [4.78, 5) is 23.9. The maximum atomic E-state index is 12.1. The number of benzene rings is 1. The minimum atomic E-state index is -0.639. The SMILES string of the molecule is CCOC(=O)C(CCc1ccccc1)C(=O)C(C)C. The molecular formula is C16H22O3. The molecule has 0 aliphatic rings. The molecular weight excluding hydrogens is 240 g/mol. The van der Waals surface area contributed by atoms with E-state index >= 15 is 0 Å². The summed E-state index contributed by atoms with van der Waals surface area (Å²) in [6.07, 6.45) is 1.22. The molecule has 1 rings (SSSR count). The van der Waals surface area contributed by atoms with Gasteiger partial charge in [-0.1, -0.05) is 44.2 Å². The molecule has 0 amide bonds. The summed E-state index contributed by atoms with van der Waals surface area (Å²) >= 11 is 0. The largest absolute Gasteiger partial charge is 0.465 e. The first kappa shape index (κ1) is 15.4. The molecule has 1 atom stereocenters. The van der Waals surface area contributed by atoms with Crippen molar-refractivity contribution in [3.8, 4) is 0 Å². The topological polar surface area (TPSA) is 43.4 Å². The lowest BCUT2D eigenvalue weighted by Crippen LogP contribution is -2.30. The molecule has 0 aliphatic heterocycles. The summed E-state index contributed by atoms with van der Waals surface area (Å²) in [7, 11) is 0. The third kappa shape index (κ3) is 4.86. The molecule has 0 saturated heterocycles. The number of rotatable bonds is 7. The molecule has 0 heterocycles. The Balaban J connectivity index is 2.69. The molecule has 19 heavy (non-hydrogen) atoms. The van der Waals surface area contributed by atoms with Crippen LogP contribution in [0.2, 0.25) is 0 Å². The molecule has 0 fully saturated rings. The molecule has 1 unspecified atom stereocenters. The molecule has 104 valence electrons. The van der Waals surface area contributed by atoms with Crippen molar-refractivity contribution < 1.29 is 14.3 Å². The number of carbonyl (C=O) groups excluding carboxylic acids is 2. The van der Waals surface area contributed by atoms with Gasteiger partial charge in [-0.2, -0.15) is 0 Å². The Kier molecular flexibility index (Phi) is 6.26. The first-order chi connectivity index (χ1) is 9.06. The normalized spacial score (nSPS) is 12.2. The molecule has 0 aromatic heterocycles. The van der Waals surface area contributed by atoms with E-state index in [1.54, 1.807) is 6.92 Å². The zero-order valence-corrected chi connectivity index (χ0v) is 11.9. The first-order valence-corrected chi connectivity index (χ1v) is 6.80. The highest BCUT2D eigenvalue weighted by molar-refractivity contribution is 5.99. The predicted octanol–water partition coefficient (Wildman–Crippen LogP) is 3.02. The van der Waals surface area contributed by atoms with Crippen LogP contribution in [0.5, 0.6) is 0 Å². The van der Waals surface area contributed by atoms with E-state index in [0.29, 0.717) is 19.4 Å². The summed E-state index contributed by atoms with van der Waals surface area (Å²) in [6, 6.07) is 9.87. The van der Waals surface area contributed by atoms with Gasteiger partial charge in [-0.15, -0.1) is 0 Å². The highest BCUT2D eigenvalue weighted by atomic mass is 16.5. The quantitative estimate of drug-likeness (QED) is 0.560. The highest BCUT2D eigenvalue weighted by Gasteiger charge is 2.29. The molecule has 3 nitrogen and oxygen atoms in total. The van der Waals surface area contributed by atoms with Gasteiger partial charge in [-0.25, -0.2) is 0 Å². The minimum absolute atomic E-state index is 0.0330. The molecule has 1 aromatic rings. The average molecular weight is 262 g/mol. The van der Waals surface area contributed by atoms with Crippen molar-refractivity contribution in [2.45, 2.75) is 33.6 Å². The molecule has 0 spiro atoms. The highest BCUT2D eigenvalue weighted by Crippen LogP contribution is 2.16.